The summed E-state index contributed by atoms with van der Waals surface area (Å²) in [4.78, 5) is 45.3. The van der Waals surface area contributed by atoms with Crippen LogP contribution in [0.5, 0.6) is 5.75 Å². The number of carbonyl (C=O) groups is 3. The summed E-state index contributed by atoms with van der Waals surface area (Å²) in [5.74, 6) is -0.377. The van der Waals surface area contributed by atoms with Gasteiger partial charge in [-0.1, -0.05) is 0 Å². The van der Waals surface area contributed by atoms with Crippen LogP contribution in [0.4, 0.5) is 5.13 Å². The number of esters is 1. The third kappa shape index (κ3) is 4.62. The van der Waals surface area contributed by atoms with E-state index in [1.54, 1.807) is 43.2 Å². The molecule has 4 rings (SSSR count). The average Bonchev–Trinajstić information content (AvgIpc) is 3.39. The lowest BCUT2D eigenvalue weighted by Gasteiger charge is -2.33. The standard InChI is InChI=1S/C23H27N3O5S/c1-3-31-22(29)15-5-4-12-26(13-15)21(28)17-10-11-18-19(17)24-23(32-18)25-20(27)14-6-8-16(30-2)9-7-14/h6-9,15,17H,3-5,10-13H2,1-2H3,(H,24,25,27). The number of rotatable bonds is 6. The molecule has 0 spiro atoms. The summed E-state index contributed by atoms with van der Waals surface area (Å²) in [7, 11) is 1.57. The lowest BCUT2D eigenvalue weighted by atomic mass is 9.96. The lowest BCUT2D eigenvalue weighted by Crippen LogP contribution is -2.44. The van der Waals surface area contributed by atoms with Gasteiger partial charge in [-0.15, -0.1) is 11.3 Å². The van der Waals surface area contributed by atoms with Crippen molar-refractivity contribution in [2.75, 3.05) is 32.1 Å². The summed E-state index contributed by atoms with van der Waals surface area (Å²) in [5, 5.41) is 3.34. The molecule has 0 radical (unpaired) electrons. The Kier molecular flexibility index (Phi) is 6.74. The molecule has 1 aromatic carbocycles. The summed E-state index contributed by atoms with van der Waals surface area (Å²) >= 11 is 1.42. The van der Waals surface area contributed by atoms with E-state index < -0.39 is 0 Å². The number of anilines is 1. The number of nitrogens with zero attached hydrogens (tertiary/aromatic N) is 2. The monoisotopic (exact) mass is 457 g/mol. The summed E-state index contributed by atoms with van der Waals surface area (Å²) in [6.07, 6.45) is 3.00. The Morgan fingerprint density at radius 3 is 2.72 bits per heavy atom. The van der Waals surface area contributed by atoms with Crippen LogP contribution in [0.15, 0.2) is 24.3 Å². The van der Waals surface area contributed by atoms with Gasteiger partial charge in [-0.25, -0.2) is 4.98 Å². The minimum absolute atomic E-state index is 0.0103. The van der Waals surface area contributed by atoms with Crippen molar-refractivity contribution >= 4 is 34.3 Å². The molecule has 1 N–H and O–H groups in total. The molecule has 1 aromatic heterocycles. The SMILES string of the molecule is CCOC(=O)C1CCCN(C(=O)C2CCc3sc(NC(=O)c4ccc(OC)cc4)nc32)C1. The normalized spacial score (nSPS) is 19.9. The highest BCUT2D eigenvalue weighted by Crippen LogP contribution is 2.40. The number of ether oxygens (including phenoxy) is 2. The zero-order valence-electron chi connectivity index (χ0n) is 18.3. The van der Waals surface area contributed by atoms with Crippen molar-refractivity contribution in [2.24, 2.45) is 5.92 Å². The molecule has 2 unspecified atom stereocenters. The Hall–Kier alpha value is -2.94. The van der Waals surface area contributed by atoms with E-state index in [2.05, 4.69) is 10.3 Å². The van der Waals surface area contributed by atoms with E-state index in [4.69, 9.17) is 9.47 Å². The van der Waals surface area contributed by atoms with Crippen molar-refractivity contribution in [1.29, 1.82) is 0 Å². The number of nitrogens with one attached hydrogen (secondary N) is 1. The first-order valence-electron chi connectivity index (χ1n) is 10.9. The Bertz CT molecular complexity index is 1000. The number of hydrogen-bond acceptors (Lipinski definition) is 7. The second-order valence-corrected chi connectivity index (χ2v) is 9.06. The largest absolute Gasteiger partial charge is 0.497 e. The number of thiazole rings is 1. The summed E-state index contributed by atoms with van der Waals surface area (Å²) in [6.45, 7) is 3.18. The molecule has 2 heterocycles. The maximum absolute atomic E-state index is 13.2. The van der Waals surface area contributed by atoms with Crippen molar-refractivity contribution in [2.45, 2.75) is 38.5 Å². The van der Waals surface area contributed by atoms with Gasteiger partial charge in [-0.05, 0) is 56.9 Å². The average molecular weight is 458 g/mol. The summed E-state index contributed by atoms with van der Waals surface area (Å²) in [5.41, 5.74) is 1.26. The van der Waals surface area contributed by atoms with Crippen molar-refractivity contribution in [3.8, 4) is 5.75 Å². The van der Waals surface area contributed by atoms with Crippen LogP contribution in [-0.2, 0) is 20.7 Å². The number of hydrogen-bond donors (Lipinski definition) is 1. The second kappa shape index (κ2) is 9.68. The van der Waals surface area contributed by atoms with Gasteiger partial charge in [0, 0.05) is 23.5 Å². The summed E-state index contributed by atoms with van der Waals surface area (Å²) in [6, 6.07) is 6.84. The number of aryl methyl sites for hydroxylation is 1. The fourth-order valence-electron chi connectivity index (χ4n) is 4.28. The molecule has 2 amide bonds. The number of likely N-dealkylation sites (tertiary alicyclic amines) is 1. The molecule has 2 atom stereocenters. The maximum Gasteiger partial charge on any atom is 0.310 e. The predicted octanol–water partition coefficient (Wildman–Crippen LogP) is 3.24. The lowest BCUT2D eigenvalue weighted by molar-refractivity contribution is -0.151. The zero-order chi connectivity index (χ0) is 22.7. The number of aromatic nitrogens is 1. The van der Waals surface area contributed by atoms with E-state index >= 15 is 0 Å². The van der Waals surface area contributed by atoms with Gasteiger partial charge in [0.15, 0.2) is 5.13 Å². The molecular formula is C23H27N3O5S. The van der Waals surface area contributed by atoms with Crippen LogP contribution in [0.25, 0.3) is 0 Å². The highest BCUT2D eigenvalue weighted by atomic mass is 32.1. The first-order valence-corrected chi connectivity index (χ1v) is 11.7. The van der Waals surface area contributed by atoms with Gasteiger partial charge in [0.1, 0.15) is 5.75 Å². The van der Waals surface area contributed by atoms with Crippen LogP contribution >= 0.6 is 11.3 Å². The van der Waals surface area contributed by atoms with Crippen LogP contribution in [0, 0.1) is 5.92 Å². The van der Waals surface area contributed by atoms with E-state index in [0.717, 1.165) is 29.8 Å². The quantitative estimate of drug-likeness (QED) is 0.669. The molecule has 1 fully saturated rings. The van der Waals surface area contributed by atoms with Gasteiger partial charge < -0.3 is 14.4 Å². The Morgan fingerprint density at radius 1 is 1.22 bits per heavy atom. The molecule has 1 aliphatic heterocycles. The number of fused-ring (bicyclic) bond motifs is 1. The molecule has 9 heteroatoms. The first-order chi connectivity index (χ1) is 15.5. The van der Waals surface area contributed by atoms with Crippen molar-refractivity contribution in [3.05, 3.63) is 40.4 Å². The highest BCUT2D eigenvalue weighted by Gasteiger charge is 2.38. The molecule has 170 valence electrons. The molecule has 0 bridgehead atoms. The third-order valence-corrected chi connectivity index (χ3v) is 6.99. The fraction of sp³-hybridized carbons (Fsp3) is 0.478. The van der Waals surface area contributed by atoms with E-state index in [0.29, 0.717) is 42.6 Å². The smallest absolute Gasteiger partial charge is 0.310 e. The van der Waals surface area contributed by atoms with E-state index in [9.17, 15) is 14.4 Å². The van der Waals surface area contributed by atoms with E-state index in [1.165, 1.54) is 11.3 Å². The number of carbonyl (C=O) groups excluding carboxylic acids is 3. The number of amides is 2. The summed E-state index contributed by atoms with van der Waals surface area (Å²) < 4.78 is 10.3. The highest BCUT2D eigenvalue weighted by molar-refractivity contribution is 7.16. The van der Waals surface area contributed by atoms with Crippen LogP contribution in [0.2, 0.25) is 0 Å². The Morgan fingerprint density at radius 2 is 2.00 bits per heavy atom. The topological polar surface area (TPSA) is 97.8 Å². The number of piperidine rings is 1. The minimum atomic E-state index is -0.325. The molecule has 2 aromatic rings. The van der Waals surface area contributed by atoms with Crippen molar-refractivity contribution in [1.82, 2.24) is 9.88 Å². The van der Waals surface area contributed by atoms with Gasteiger partial charge in [0.25, 0.3) is 5.91 Å². The third-order valence-electron chi connectivity index (χ3n) is 5.94. The van der Waals surface area contributed by atoms with Gasteiger partial charge in [-0.2, -0.15) is 0 Å². The van der Waals surface area contributed by atoms with Gasteiger partial charge in [0.05, 0.1) is 31.2 Å². The number of benzene rings is 1. The minimum Gasteiger partial charge on any atom is -0.497 e. The zero-order valence-corrected chi connectivity index (χ0v) is 19.1. The van der Waals surface area contributed by atoms with Gasteiger partial charge >= 0.3 is 5.97 Å². The van der Waals surface area contributed by atoms with Gasteiger partial charge in [0.2, 0.25) is 5.91 Å². The van der Waals surface area contributed by atoms with Crippen LogP contribution < -0.4 is 10.1 Å². The molecular weight excluding hydrogens is 430 g/mol. The fourth-order valence-corrected chi connectivity index (χ4v) is 5.32. The molecule has 1 saturated heterocycles. The molecule has 0 saturated carbocycles. The molecule has 8 nitrogen and oxygen atoms in total. The number of methoxy groups -OCH3 is 1. The maximum atomic E-state index is 13.2. The van der Waals surface area contributed by atoms with Crippen LogP contribution in [0.3, 0.4) is 0 Å². The van der Waals surface area contributed by atoms with Crippen LogP contribution in [-0.4, -0.2) is 54.5 Å². The van der Waals surface area contributed by atoms with Gasteiger partial charge in [-0.3, -0.25) is 19.7 Å². The van der Waals surface area contributed by atoms with E-state index in [-0.39, 0.29) is 29.6 Å². The van der Waals surface area contributed by atoms with E-state index in [1.807, 2.05) is 0 Å². The van der Waals surface area contributed by atoms with Crippen molar-refractivity contribution in [3.63, 3.8) is 0 Å². The predicted molar refractivity (Wildman–Crippen MR) is 120 cm³/mol. The van der Waals surface area contributed by atoms with Crippen LogP contribution in [0.1, 0.15) is 53.0 Å². The Labute approximate surface area is 190 Å². The van der Waals surface area contributed by atoms with Crippen molar-refractivity contribution < 1.29 is 23.9 Å². The molecule has 2 aliphatic rings. The Balaban J connectivity index is 1.42. The first kappa shape index (κ1) is 22.3. The molecule has 1 aliphatic carbocycles. The molecule has 32 heavy (non-hydrogen) atoms. The second-order valence-electron chi connectivity index (χ2n) is 7.98.